The average Bonchev–Trinajstić information content (AvgIpc) is 3.93. The number of piperidine rings is 1. The van der Waals surface area contributed by atoms with E-state index in [0.717, 1.165) is 75.2 Å². The summed E-state index contributed by atoms with van der Waals surface area (Å²) in [7, 11) is 2.08. The molecule has 4 heterocycles. The minimum Gasteiger partial charge on any atom is -0.329 e. The number of likely N-dealkylation sites (tertiary alicyclic amines) is 1. The lowest BCUT2D eigenvalue weighted by atomic mass is 9.95. The van der Waals surface area contributed by atoms with Gasteiger partial charge in [-0.2, -0.15) is 10.5 Å². The number of hydrogen-bond acceptors (Lipinski definition) is 8. The van der Waals surface area contributed by atoms with Crippen molar-refractivity contribution in [3.63, 3.8) is 0 Å². The molecule has 3 aliphatic rings. The van der Waals surface area contributed by atoms with E-state index < -0.39 is 0 Å². The van der Waals surface area contributed by atoms with Crippen LogP contribution < -0.4 is 5.32 Å². The largest absolute Gasteiger partial charge is 0.329 e. The monoisotopic (exact) mass is 777 g/mol. The summed E-state index contributed by atoms with van der Waals surface area (Å²) in [5, 5.41) is 21.0. The van der Waals surface area contributed by atoms with E-state index in [1.807, 2.05) is 104 Å². The van der Waals surface area contributed by atoms with Crippen molar-refractivity contribution in [1.82, 2.24) is 19.7 Å². The Kier molecular flexibility index (Phi) is 12.7. The van der Waals surface area contributed by atoms with E-state index in [4.69, 9.17) is 10.5 Å². The zero-order valence-electron chi connectivity index (χ0n) is 32.5. The van der Waals surface area contributed by atoms with Gasteiger partial charge in [0.05, 0.1) is 41.0 Å². The highest BCUT2D eigenvalue weighted by Gasteiger charge is 2.31. The summed E-state index contributed by atoms with van der Waals surface area (Å²) in [4.78, 5) is 47.9. The Morgan fingerprint density at radius 1 is 0.807 bits per heavy atom. The summed E-state index contributed by atoms with van der Waals surface area (Å²) in [6.07, 6.45) is 1.75. The number of aromatic nitrogens is 1. The summed E-state index contributed by atoms with van der Waals surface area (Å²) < 4.78 is 1.13. The number of nitrogens with zero attached hydrogens (tertiary/aromatic N) is 6. The number of carbonyl (C=O) groups is 3. The zero-order chi connectivity index (χ0) is 40.6. The van der Waals surface area contributed by atoms with E-state index >= 15 is 0 Å². The Hall–Kier alpha value is -6.40. The molecule has 0 bridgehead atoms. The number of hydrogen-bond donors (Lipinski definition) is 1. The second kappa shape index (κ2) is 18.0. The Morgan fingerprint density at radius 2 is 1.33 bits per heavy atom. The van der Waals surface area contributed by atoms with Gasteiger partial charge in [0.15, 0.2) is 0 Å². The van der Waals surface area contributed by atoms with Gasteiger partial charge in [0.25, 0.3) is 11.8 Å². The van der Waals surface area contributed by atoms with Gasteiger partial charge in [0.1, 0.15) is 0 Å². The fourth-order valence-electron chi connectivity index (χ4n) is 7.41. The van der Waals surface area contributed by atoms with Crippen molar-refractivity contribution in [2.24, 2.45) is 5.92 Å². The van der Waals surface area contributed by atoms with Crippen LogP contribution in [0.2, 0.25) is 0 Å². The SMILES string of the molecule is C=C(C#N)CN1Cc2c(cccc2-c2ccc3ncsc3c2)C1=O.C=C(C#N)CN1Cc2c(cccc2-c2cccc(NC(=O)C3CCN(C)CC3)c2)C1=O.CC.[HH]. The second-order valence-corrected chi connectivity index (χ2v) is 15.0. The van der Waals surface area contributed by atoms with Crippen LogP contribution in [-0.2, 0) is 17.9 Å². The molecule has 3 aliphatic heterocycles. The maximum Gasteiger partial charge on any atom is 0.254 e. The molecule has 11 heteroatoms. The van der Waals surface area contributed by atoms with E-state index in [9.17, 15) is 14.4 Å². The molecular formula is C46H47N7O3S. The van der Waals surface area contributed by atoms with Gasteiger partial charge in [-0.3, -0.25) is 14.4 Å². The molecule has 5 aromatic rings. The first-order chi connectivity index (χ1) is 27.6. The Labute approximate surface area is 339 Å². The lowest BCUT2D eigenvalue weighted by Gasteiger charge is -2.28. The quantitative estimate of drug-likeness (QED) is 0.156. The normalized spacial score (nSPS) is 14.7. The molecule has 0 radical (unpaired) electrons. The molecule has 0 unspecified atom stereocenters. The molecule has 0 saturated carbocycles. The molecule has 0 atom stereocenters. The maximum atomic E-state index is 12.8. The van der Waals surface area contributed by atoms with Gasteiger partial charge >= 0.3 is 0 Å². The molecule has 10 nitrogen and oxygen atoms in total. The molecule has 8 rings (SSSR count). The molecular weight excluding hydrogens is 731 g/mol. The van der Waals surface area contributed by atoms with Crippen LogP contribution in [0.3, 0.4) is 0 Å². The van der Waals surface area contributed by atoms with Crippen molar-refractivity contribution in [3.05, 3.63) is 131 Å². The molecule has 0 aliphatic carbocycles. The summed E-state index contributed by atoms with van der Waals surface area (Å²) in [5.41, 5.74) is 11.7. The van der Waals surface area contributed by atoms with Crippen LogP contribution in [0.4, 0.5) is 5.69 Å². The molecule has 290 valence electrons. The predicted octanol–water partition coefficient (Wildman–Crippen LogP) is 8.94. The first-order valence-electron chi connectivity index (χ1n) is 19.0. The van der Waals surface area contributed by atoms with E-state index in [-0.39, 0.29) is 38.2 Å². The lowest BCUT2D eigenvalue weighted by molar-refractivity contribution is -0.121. The summed E-state index contributed by atoms with van der Waals surface area (Å²) in [6, 6.07) is 29.4. The van der Waals surface area contributed by atoms with Gasteiger partial charge in [-0.15, -0.1) is 11.3 Å². The van der Waals surface area contributed by atoms with Crippen LogP contribution >= 0.6 is 11.3 Å². The van der Waals surface area contributed by atoms with E-state index in [0.29, 0.717) is 35.4 Å². The number of fused-ring (bicyclic) bond motifs is 3. The summed E-state index contributed by atoms with van der Waals surface area (Å²) >= 11 is 1.61. The van der Waals surface area contributed by atoms with Crippen LogP contribution in [0.15, 0.2) is 109 Å². The third kappa shape index (κ3) is 8.86. The highest BCUT2D eigenvalue weighted by Crippen LogP contribution is 2.36. The lowest BCUT2D eigenvalue weighted by Crippen LogP contribution is -2.35. The van der Waals surface area contributed by atoms with Crippen molar-refractivity contribution in [1.29, 1.82) is 10.5 Å². The first-order valence-corrected chi connectivity index (χ1v) is 19.9. The van der Waals surface area contributed by atoms with E-state index in [2.05, 4.69) is 41.5 Å². The van der Waals surface area contributed by atoms with Crippen molar-refractivity contribution >= 4 is 45.0 Å². The zero-order valence-corrected chi connectivity index (χ0v) is 33.4. The molecule has 1 fully saturated rings. The maximum absolute atomic E-state index is 12.8. The van der Waals surface area contributed by atoms with Gasteiger partial charge in [0, 0.05) is 48.4 Å². The van der Waals surface area contributed by atoms with Gasteiger partial charge < -0.3 is 20.0 Å². The second-order valence-electron chi connectivity index (χ2n) is 14.1. The van der Waals surface area contributed by atoms with Crippen LogP contribution in [0.5, 0.6) is 0 Å². The number of nitriles is 2. The number of rotatable bonds is 8. The third-order valence-corrected chi connectivity index (χ3v) is 11.1. The fourth-order valence-corrected chi connectivity index (χ4v) is 8.13. The van der Waals surface area contributed by atoms with E-state index in [1.165, 1.54) is 0 Å². The van der Waals surface area contributed by atoms with Crippen LogP contribution in [0.25, 0.3) is 32.5 Å². The minimum absolute atomic E-state index is 0. The summed E-state index contributed by atoms with van der Waals surface area (Å²) in [5.74, 6) is -0.0118. The smallest absolute Gasteiger partial charge is 0.254 e. The molecule has 1 saturated heterocycles. The Morgan fingerprint density at radius 3 is 1.89 bits per heavy atom. The predicted molar refractivity (Wildman–Crippen MR) is 228 cm³/mol. The van der Waals surface area contributed by atoms with Crippen molar-refractivity contribution < 1.29 is 15.8 Å². The number of nitrogens with one attached hydrogen (secondary N) is 1. The highest BCUT2D eigenvalue weighted by molar-refractivity contribution is 7.16. The molecule has 0 spiro atoms. The molecule has 1 N–H and O–H groups in total. The number of benzene rings is 4. The molecule has 1 aromatic heterocycles. The fraction of sp³-hybridized carbons (Fsp3) is 0.261. The molecule has 3 amide bonds. The van der Waals surface area contributed by atoms with Crippen molar-refractivity contribution in [2.45, 2.75) is 39.8 Å². The van der Waals surface area contributed by atoms with E-state index in [1.54, 1.807) is 21.1 Å². The first kappa shape index (κ1) is 40.3. The average molecular weight is 778 g/mol. The number of thiazole rings is 1. The number of anilines is 1. The van der Waals surface area contributed by atoms with Gasteiger partial charge in [-0.25, -0.2) is 4.98 Å². The standard InChI is InChI=1S/C25H26N4O2.C19H13N3OS.C2H6.H2/c1-17(14-26)15-29-16-23-21(7-4-8-22(23)25(29)31)19-5-3-6-20(13-19)27-24(30)18-9-11-28(2)12-10-18;1-12(8-20)9-22-10-16-14(3-2-4-15(16)19(22)23)13-5-6-17-18(7-13)24-11-21-17;1-2;/h3-8,13,18H,1,9-12,15-16H2,2H3,(H,27,30);2-7,11H,1,9-10H2;1-2H3;1H. The Balaban J connectivity index is 0.000000214. The molecule has 57 heavy (non-hydrogen) atoms. The summed E-state index contributed by atoms with van der Waals surface area (Å²) in [6.45, 7) is 14.7. The third-order valence-electron chi connectivity index (χ3n) is 10.3. The van der Waals surface area contributed by atoms with Gasteiger partial charge in [-0.1, -0.05) is 69.5 Å². The number of carbonyl (C=O) groups excluding carboxylic acids is 3. The van der Waals surface area contributed by atoms with Crippen LogP contribution in [-0.4, -0.2) is 70.6 Å². The minimum atomic E-state index is -0.0834. The Bertz CT molecular complexity index is 2460. The highest BCUT2D eigenvalue weighted by atomic mass is 32.1. The van der Waals surface area contributed by atoms with Gasteiger partial charge in [0.2, 0.25) is 5.91 Å². The van der Waals surface area contributed by atoms with Crippen molar-refractivity contribution in [3.8, 4) is 34.4 Å². The van der Waals surface area contributed by atoms with Gasteiger partial charge in [-0.05, 0) is 103 Å². The topological polar surface area (TPSA) is 133 Å². The van der Waals surface area contributed by atoms with Crippen LogP contribution in [0.1, 0.15) is 60.0 Å². The van der Waals surface area contributed by atoms with Crippen molar-refractivity contribution in [2.75, 3.05) is 38.5 Å². The molecule has 4 aromatic carbocycles. The number of amides is 3. The van der Waals surface area contributed by atoms with Crippen LogP contribution in [0, 0.1) is 28.6 Å².